The number of aromatic nitrogens is 1. The second-order valence-corrected chi connectivity index (χ2v) is 6.42. The third-order valence-corrected chi connectivity index (χ3v) is 4.15. The fourth-order valence-corrected chi connectivity index (χ4v) is 2.10. The van der Waals surface area contributed by atoms with Crippen molar-refractivity contribution in [1.82, 2.24) is 4.98 Å². The Morgan fingerprint density at radius 3 is 2.52 bits per heavy atom. The molecule has 1 aliphatic rings. The molecule has 0 bridgehead atoms. The molecule has 0 atom stereocenters. The van der Waals surface area contributed by atoms with Crippen LogP contribution < -0.4 is 10.2 Å². The summed E-state index contributed by atoms with van der Waals surface area (Å²) >= 11 is 0. The molecule has 1 fully saturated rings. The predicted molar refractivity (Wildman–Crippen MR) is 86.7 cm³/mol. The summed E-state index contributed by atoms with van der Waals surface area (Å²) in [7, 11) is -0.463. The average molecular weight is 321 g/mol. The molecule has 2 heterocycles. The maximum Gasteiger partial charge on any atom is 0.495 e. The van der Waals surface area contributed by atoms with Gasteiger partial charge >= 0.3 is 13.1 Å². The molecule has 6 nitrogen and oxygen atoms in total. The van der Waals surface area contributed by atoms with Crippen molar-refractivity contribution in [2.24, 2.45) is 0 Å². The van der Waals surface area contributed by atoms with E-state index in [-0.39, 0.29) is 19.0 Å². The standard InChI is InChI=1S/C16H24BNO5/c1-6-20-14(19)8-10-21-13-11-12(7-9-18-13)17-22-15(2,3)16(4,5)23-17/h7,9,11H,6,8,10H2,1-5H3. The van der Waals surface area contributed by atoms with Crippen molar-refractivity contribution in [3.8, 4) is 5.88 Å². The van der Waals surface area contributed by atoms with E-state index in [4.69, 9.17) is 18.8 Å². The third-order valence-electron chi connectivity index (χ3n) is 4.15. The van der Waals surface area contributed by atoms with Gasteiger partial charge in [-0.3, -0.25) is 4.79 Å². The molecule has 1 saturated heterocycles. The summed E-state index contributed by atoms with van der Waals surface area (Å²) in [5.74, 6) is 0.149. The van der Waals surface area contributed by atoms with Crippen LogP contribution in [0.2, 0.25) is 0 Å². The summed E-state index contributed by atoms with van der Waals surface area (Å²) in [6, 6.07) is 3.60. The topological polar surface area (TPSA) is 66.9 Å². The van der Waals surface area contributed by atoms with Crippen LogP contribution in [0.1, 0.15) is 41.0 Å². The van der Waals surface area contributed by atoms with E-state index in [0.717, 1.165) is 5.46 Å². The molecule has 1 aromatic heterocycles. The molecule has 126 valence electrons. The summed E-state index contributed by atoms with van der Waals surface area (Å²) in [6.07, 6.45) is 1.83. The Bertz CT molecular complexity index is 545. The molecule has 23 heavy (non-hydrogen) atoms. The normalized spacial score (nSPS) is 18.7. The number of hydrogen-bond donors (Lipinski definition) is 0. The Labute approximate surface area is 137 Å². The van der Waals surface area contributed by atoms with Gasteiger partial charge < -0.3 is 18.8 Å². The van der Waals surface area contributed by atoms with Crippen LogP contribution in [0.4, 0.5) is 0 Å². The van der Waals surface area contributed by atoms with Crippen LogP contribution in [0.5, 0.6) is 5.88 Å². The molecule has 0 N–H and O–H groups in total. The molecule has 7 heteroatoms. The number of carbonyl (C=O) groups is 1. The molecule has 2 rings (SSSR count). The van der Waals surface area contributed by atoms with Crippen LogP contribution in [-0.4, -0.2) is 42.5 Å². The summed E-state index contributed by atoms with van der Waals surface area (Å²) in [6.45, 7) is 10.4. The van der Waals surface area contributed by atoms with Gasteiger partial charge in [-0.05, 0) is 46.1 Å². The van der Waals surface area contributed by atoms with E-state index in [1.165, 1.54) is 0 Å². The van der Waals surface area contributed by atoms with E-state index in [0.29, 0.717) is 12.5 Å². The predicted octanol–water partition coefficient (Wildman–Crippen LogP) is 1.71. The Morgan fingerprint density at radius 1 is 1.26 bits per heavy atom. The molecular formula is C16H24BNO5. The summed E-state index contributed by atoms with van der Waals surface area (Å²) in [5, 5.41) is 0. The molecule has 0 spiro atoms. The van der Waals surface area contributed by atoms with E-state index < -0.39 is 18.3 Å². The Kier molecular flexibility index (Phi) is 5.32. The SMILES string of the molecule is CCOC(=O)CCOc1cc(B2OC(C)(C)C(C)(C)O2)ccn1. The van der Waals surface area contributed by atoms with Gasteiger partial charge in [0.1, 0.15) is 6.61 Å². The van der Waals surface area contributed by atoms with Crippen LogP contribution in [0.15, 0.2) is 18.3 Å². The molecule has 0 radical (unpaired) electrons. The maximum atomic E-state index is 11.3. The first-order chi connectivity index (χ1) is 10.7. The third kappa shape index (κ3) is 4.23. The van der Waals surface area contributed by atoms with Crippen molar-refractivity contribution in [2.45, 2.75) is 52.2 Å². The first kappa shape index (κ1) is 17.8. The summed E-state index contributed by atoms with van der Waals surface area (Å²) in [5.41, 5.74) is 0.0439. The summed E-state index contributed by atoms with van der Waals surface area (Å²) < 4.78 is 22.4. The first-order valence-corrected chi connectivity index (χ1v) is 7.85. The molecular weight excluding hydrogens is 297 g/mol. The van der Waals surface area contributed by atoms with Gasteiger partial charge in [-0.15, -0.1) is 0 Å². The van der Waals surface area contributed by atoms with E-state index in [1.807, 2.05) is 33.8 Å². The van der Waals surface area contributed by atoms with Gasteiger partial charge in [0.25, 0.3) is 0 Å². The van der Waals surface area contributed by atoms with Crippen LogP contribution in [0, 0.1) is 0 Å². The number of nitrogens with zero attached hydrogens (tertiary/aromatic N) is 1. The minimum absolute atomic E-state index is 0.191. The quantitative estimate of drug-likeness (QED) is 0.587. The average Bonchev–Trinajstić information content (AvgIpc) is 2.68. The highest BCUT2D eigenvalue weighted by Gasteiger charge is 2.51. The van der Waals surface area contributed by atoms with E-state index >= 15 is 0 Å². The molecule has 0 aromatic carbocycles. The van der Waals surface area contributed by atoms with E-state index in [9.17, 15) is 4.79 Å². The van der Waals surface area contributed by atoms with Crippen molar-refractivity contribution >= 4 is 18.6 Å². The van der Waals surface area contributed by atoms with Crippen LogP contribution in [0.3, 0.4) is 0 Å². The number of ether oxygens (including phenoxy) is 2. The fourth-order valence-electron chi connectivity index (χ4n) is 2.10. The van der Waals surface area contributed by atoms with Crippen LogP contribution in [-0.2, 0) is 18.8 Å². The number of hydrogen-bond acceptors (Lipinski definition) is 6. The Morgan fingerprint density at radius 2 is 1.91 bits per heavy atom. The van der Waals surface area contributed by atoms with Gasteiger partial charge in [0.05, 0.1) is 24.2 Å². The van der Waals surface area contributed by atoms with Crippen molar-refractivity contribution < 1.29 is 23.6 Å². The smallest absolute Gasteiger partial charge is 0.477 e. The highest BCUT2D eigenvalue weighted by molar-refractivity contribution is 6.62. The number of carbonyl (C=O) groups excluding carboxylic acids is 1. The van der Waals surface area contributed by atoms with Crippen LogP contribution >= 0.6 is 0 Å². The molecule has 1 aromatic rings. The van der Waals surface area contributed by atoms with Gasteiger partial charge in [0.2, 0.25) is 5.88 Å². The second-order valence-electron chi connectivity index (χ2n) is 6.42. The molecule has 1 aliphatic heterocycles. The number of esters is 1. The zero-order chi connectivity index (χ0) is 17.1. The van der Waals surface area contributed by atoms with Gasteiger partial charge in [-0.1, -0.05) is 0 Å². The zero-order valence-electron chi connectivity index (χ0n) is 14.4. The highest BCUT2D eigenvalue weighted by Crippen LogP contribution is 2.36. The molecule has 0 saturated carbocycles. The number of rotatable bonds is 6. The van der Waals surface area contributed by atoms with Gasteiger partial charge in [0, 0.05) is 12.3 Å². The van der Waals surface area contributed by atoms with Gasteiger partial charge in [0.15, 0.2) is 0 Å². The van der Waals surface area contributed by atoms with Crippen molar-refractivity contribution in [2.75, 3.05) is 13.2 Å². The second kappa shape index (κ2) is 6.89. The lowest BCUT2D eigenvalue weighted by Crippen LogP contribution is -2.41. The Hall–Kier alpha value is -1.60. The lowest BCUT2D eigenvalue weighted by atomic mass is 9.80. The van der Waals surface area contributed by atoms with Crippen molar-refractivity contribution in [1.29, 1.82) is 0 Å². The minimum Gasteiger partial charge on any atom is -0.477 e. The molecule has 0 unspecified atom stereocenters. The Balaban J connectivity index is 1.97. The largest absolute Gasteiger partial charge is 0.495 e. The zero-order valence-corrected chi connectivity index (χ0v) is 14.4. The monoisotopic (exact) mass is 321 g/mol. The van der Waals surface area contributed by atoms with E-state index in [2.05, 4.69) is 4.98 Å². The lowest BCUT2D eigenvalue weighted by Gasteiger charge is -2.32. The molecule has 0 amide bonds. The maximum absolute atomic E-state index is 11.3. The van der Waals surface area contributed by atoms with Gasteiger partial charge in [-0.2, -0.15) is 0 Å². The first-order valence-electron chi connectivity index (χ1n) is 7.85. The van der Waals surface area contributed by atoms with Crippen molar-refractivity contribution in [3.05, 3.63) is 18.3 Å². The minimum atomic E-state index is -0.463. The fraction of sp³-hybridized carbons (Fsp3) is 0.625. The van der Waals surface area contributed by atoms with Gasteiger partial charge in [-0.25, -0.2) is 4.98 Å². The molecule has 0 aliphatic carbocycles. The van der Waals surface area contributed by atoms with Crippen molar-refractivity contribution in [3.63, 3.8) is 0 Å². The number of pyridine rings is 1. The van der Waals surface area contributed by atoms with Crippen LogP contribution in [0.25, 0.3) is 0 Å². The highest BCUT2D eigenvalue weighted by atomic mass is 16.7. The summed E-state index contributed by atoms with van der Waals surface area (Å²) in [4.78, 5) is 15.4. The lowest BCUT2D eigenvalue weighted by molar-refractivity contribution is -0.143. The van der Waals surface area contributed by atoms with E-state index in [1.54, 1.807) is 19.2 Å².